The molecule has 0 fully saturated rings. The Hall–Kier alpha value is -2.25. The molecular weight excluding hydrogens is 301 g/mol. The lowest BCUT2D eigenvalue weighted by Crippen LogP contribution is -2.38. The largest absolute Gasteiger partial charge is 0.493 e. The molecule has 5 nitrogen and oxygen atoms in total. The van der Waals surface area contributed by atoms with Gasteiger partial charge in [0.15, 0.2) is 0 Å². The summed E-state index contributed by atoms with van der Waals surface area (Å²) in [6, 6.07) is 8.99. The van der Waals surface area contributed by atoms with Crippen LogP contribution in [0.4, 0.5) is 13.2 Å². The lowest BCUT2D eigenvalue weighted by Gasteiger charge is -2.09. The van der Waals surface area contributed by atoms with E-state index in [9.17, 15) is 22.8 Å². The molecule has 0 unspecified atom stereocenters. The van der Waals surface area contributed by atoms with Gasteiger partial charge in [-0.25, -0.2) is 0 Å². The second-order valence-corrected chi connectivity index (χ2v) is 4.37. The molecule has 1 rings (SSSR count). The minimum absolute atomic E-state index is 0.143. The molecule has 0 aliphatic rings. The van der Waals surface area contributed by atoms with Crippen LogP contribution in [0.1, 0.15) is 12.8 Å². The molecule has 8 heteroatoms. The van der Waals surface area contributed by atoms with Crippen LogP contribution in [-0.2, 0) is 9.59 Å². The van der Waals surface area contributed by atoms with Crippen LogP contribution in [0.25, 0.3) is 0 Å². The SMILES string of the molecule is O=C(CCOc1ccccc1)NCCCNC(=O)C(F)(F)F. The zero-order chi connectivity index (χ0) is 16.4. The lowest BCUT2D eigenvalue weighted by atomic mass is 10.3. The number of hydrogen-bond donors (Lipinski definition) is 2. The second kappa shape index (κ2) is 8.91. The summed E-state index contributed by atoms with van der Waals surface area (Å²) in [6.45, 7) is 0.238. The quantitative estimate of drug-likeness (QED) is 0.716. The highest BCUT2D eigenvalue weighted by atomic mass is 19.4. The molecule has 2 amide bonds. The van der Waals surface area contributed by atoms with Crippen molar-refractivity contribution in [3.05, 3.63) is 30.3 Å². The molecule has 2 N–H and O–H groups in total. The first-order valence-corrected chi connectivity index (χ1v) is 6.69. The number of halogens is 3. The Morgan fingerprint density at radius 1 is 1.05 bits per heavy atom. The Kier molecular flexibility index (Phi) is 7.21. The molecule has 0 saturated carbocycles. The van der Waals surface area contributed by atoms with Gasteiger partial charge in [0.1, 0.15) is 5.75 Å². The number of nitrogens with one attached hydrogen (secondary N) is 2. The Balaban J connectivity index is 2.03. The number of para-hydroxylation sites is 1. The number of benzene rings is 1. The van der Waals surface area contributed by atoms with E-state index < -0.39 is 12.1 Å². The van der Waals surface area contributed by atoms with E-state index in [4.69, 9.17) is 4.74 Å². The maximum atomic E-state index is 11.9. The summed E-state index contributed by atoms with van der Waals surface area (Å²) < 4.78 is 40.9. The highest BCUT2D eigenvalue weighted by molar-refractivity contribution is 5.81. The van der Waals surface area contributed by atoms with Gasteiger partial charge in [-0.1, -0.05) is 18.2 Å². The van der Waals surface area contributed by atoms with Crippen LogP contribution in [0.3, 0.4) is 0 Å². The lowest BCUT2D eigenvalue weighted by molar-refractivity contribution is -0.173. The fourth-order valence-electron chi connectivity index (χ4n) is 1.49. The van der Waals surface area contributed by atoms with E-state index in [1.165, 1.54) is 0 Å². The van der Waals surface area contributed by atoms with Crippen LogP contribution in [0, 0.1) is 0 Å². The van der Waals surface area contributed by atoms with E-state index in [-0.39, 0.29) is 38.4 Å². The smallest absolute Gasteiger partial charge is 0.471 e. The number of carbonyl (C=O) groups excluding carboxylic acids is 2. The summed E-state index contributed by atoms with van der Waals surface area (Å²) in [4.78, 5) is 21.9. The molecule has 0 spiro atoms. The number of hydrogen-bond acceptors (Lipinski definition) is 3. The van der Waals surface area contributed by atoms with Crippen molar-refractivity contribution < 1.29 is 27.5 Å². The first-order chi connectivity index (χ1) is 10.4. The monoisotopic (exact) mass is 318 g/mol. The Bertz CT molecular complexity index is 478. The molecule has 0 saturated heterocycles. The van der Waals surface area contributed by atoms with Crippen molar-refractivity contribution in [2.75, 3.05) is 19.7 Å². The van der Waals surface area contributed by atoms with Gasteiger partial charge in [-0.2, -0.15) is 13.2 Å². The Morgan fingerprint density at radius 3 is 2.32 bits per heavy atom. The third kappa shape index (κ3) is 7.51. The molecule has 0 aliphatic carbocycles. The molecule has 0 aliphatic heterocycles. The normalized spacial score (nSPS) is 10.9. The van der Waals surface area contributed by atoms with Gasteiger partial charge in [-0.05, 0) is 18.6 Å². The maximum Gasteiger partial charge on any atom is 0.471 e. The van der Waals surface area contributed by atoms with Gasteiger partial charge in [0.05, 0.1) is 13.0 Å². The summed E-state index contributed by atoms with van der Waals surface area (Å²) >= 11 is 0. The summed E-state index contributed by atoms with van der Waals surface area (Å²) in [6.07, 6.45) is -4.52. The molecule has 0 atom stereocenters. The van der Waals surface area contributed by atoms with Crippen molar-refractivity contribution in [3.63, 3.8) is 0 Å². The van der Waals surface area contributed by atoms with Crippen molar-refractivity contribution in [1.29, 1.82) is 0 Å². The molecule has 0 bridgehead atoms. The number of rotatable bonds is 8. The van der Waals surface area contributed by atoms with Crippen LogP contribution in [0.2, 0.25) is 0 Å². The van der Waals surface area contributed by atoms with E-state index in [1.807, 2.05) is 18.2 Å². The highest BCUT2D eigenvalue weighted by Gasteiger charge is 2.38. The van der Waals surface area contributed by atoms with Crippen molar-refractivity contribution in [3.8, 4) is 5.75 Å². The van der Waals surface area contributed by atoms with Gasteiger partial charge in [0, 0.05) is 13.1 Å². The van der Waals surface area contributed by atoms with Gasteiger partial charge in [-0.3, -0.25) is 9.59 Å². The first-order valence-electron chi connectivity index (χ1n) is 6.69. The highest BCUT2D eigenvalue weighted by Crippen LogP contribution is 2.13. The van der Waals surface area contributed by atoms with Crippen LogP contribution < -0.4 is 15.4 Å². The average molecular weight is 318 g/mol. The van der Waals surface area contributed by atoms with E-state index in [2.05, 4.69) is 5.32 Å². The summed E-state index contributed by atoms with van der Waals surface area (Å²) in [7, 11) is 0. The molecule has 22 heavy (non-hydrogen) atoms. The summed E-state index contributed by atoms with van der Waals surface area (Å²) in [5.74, 6) is -1.58. The minimum Gasteiger partial charge on any atom is -0.493 e. The molecule has 1 aromatic rings. The molecule has 1 aromatic carbocycles. The minimum atomic E-state index is -4.88. The third-order valence-electron chi connectivity index (χ3n) is 2.56. The molecule has 0 radical (unpaired) electrons. The van der Waals surface area contributed by atoms with Gasteiger partial charge < -0.3 is 15.4 Å². The van der Waals surface area contributed by atoms with Gasteiger partial charge in [0.2, 0.25) is 5.91 Å². The average Bonchev–Trinajstić information content (AvgIpc) is 2.47. The van der Waals surface area contributed by atoms with Crippen LogP contribution >= 0.6 is 0 Å². The summed E-state index contributed by atoms with van der Waals surface area (Å²) in [5, 5.41) is 4.25. The summed E-state index contributed by atoms with van der Waals surface area (Å²) in [5.41, 5.74) is 0. The zero-order valence-corrected chi connectivity index (χ0v) is 11.8. The van der Waals surface area contributed by atoms with Crippen LogP contribution in [0.5, 0.6) is 5.75 Å². The standard InChI is InChI=1S/C14H17F3N2O3/c15-14(16,17)13(21)19-9-4-8-18-12(20)7-10-22-11-5-2-1-3-6-11/h1-3,5-6H,4,7-10H2,(H,18,20)(H,19,21). The Morgan fingerprint density at radius 2 is 1.68 bits per heavy atom. The van der Waals surface area contributed by atoms with Gasteiger partial charge in [-0.15, -0.1) is 0 Å². The van der Waals surface area contributed by atoms with Gasteiger partial charge >= 0.3 is 12.1 Å². The van der Waals surface area contributed by atoms with E-state index >= 15 is 0 Å². The molecule has 0 aromatic heterocycles. The van der Waals surface area contributed by atoms with E-state index in [0.29, 0.717) is 5.75 Å². The number of amides is 2. The third-order valence-corrected chi connectivity index (χ3v) is 2.56. The Labute approximate surface area is 125 Å². The molecular formula is C14H17F3N2O3. The van der Waals surface area contributed by atoms with Gasteiger partial charge in [0.25, 0.3) is 0 Å². The van der Waals surface area contributed by atoms with Crippen molar-refractivity contribution >= 4 is 11.8 Å². The van der Waals surface area contributed by atoms with Crippen molar-refractivity contribution in [1.82, 2.24) is 10.6 Å². The second-order valence-electron chi connectivity index (χ2n) is 4.37. The predicted octanol–water partition coefficient (Wildman–Crippen LogP) is 1.64. The topological polar surface area (TPSA) is 67.4 Å². The number of ether oxygens (including phenoxy) is 1. The van der Waals surface area contributed by atoms with E-state index in [0.717, 1.165) is 0 Å². The number of carbonyl (C=O) groups is 2. The van der Waals surface area contributed by atoms with Crippen LogP contribution in [-0.4, -0.2) is 37.7 Å². The number of alkyl halides is 3. The molecule has 0 heterocycles. The first kappa shape index (κ1) is 17.8. The zero-order valence-electron chi connectivity index (χ0n) is 11.8. The van der Waals surface area contributed by atoms with E-state index in [1.54, 1.807) is 17.4 Å². The maximum absolute atomic E-state index is 11.9. The van der Waals surface area contributed by atoms with Crippen molar-refractivity contribution in [2.24, 2.45) is 0 Å². The fourth-order valence-corrected chi connectivity index (χ4v) is 1.49. The van der Waals surface area contributed by atoms with Crippen molar-refractivity contribution in [2.45, 2.75) is 19.0 Å². The van der Waals surface area contributed by atoms with Crippen LogP contribution in [0.15, 0.2) is 30.3 Å². The predicted molar refractivity (Wildman–Crippen MR) is 73.2 cm³/mol. The fraction of sp³-hybridized carbons (Fsp3) is 0.429. The molecule has 122 valence electrons.